The van der Waals surface area contributed by atoms with E-state index in [1.54, 1.807) is 12.4 Å². The first kappa shape index (κ1) is 9.09. The number of rotatable bonds is 1. The van der Waals surface area contributed by atoms with Gasteiger partial charge in [-0.05, 0) is 18.6 Å². The standard InChI is InChI=1S/C13H11N3/c1-9-4-2-3-5-10(9)11-8-12-13(16-11)15-7-6-14-12/h2-8H,1H3,(H,15,16). The van der Waals surface area contributed by atoms with Crippen LogP contribution in [0.25, 0.3) is 22.4 Å². The molecule has 0 saturated carbocycles. The molecular formula is C13H11N3. The number of aromatic amines is 1. The van der Waals surface area contributed by atoms with E-state index in [9.17, 15) is 0 Å². The molecular weight excluding hydrogens is 198 g/mol. The molecule has 0 aliphatic heterocycles. The van der Waals surface area contributed by atoms with E-state index >= 15 is 0 Å². The minimum absolute atomic E-state index is 0.834. The summed E-state index contributed by atoms with van der Waals surface area (Å²) in [6.07, 6.45) is 3.40. The van der Waals surface area contributed by atoms with Crippen molar-refractivity contribution in [2.45, 2.75) is 6.92 Å². The van der Waals surface area contributed by atoms with Gasteiger partial charge in [-0.2, -0.15) is 0 Å². The Morgan fingerprint density at radius 3 is 2.69 bits per heavy atom. The van der Waals surface area contributed by atoms with E-state index in [1.807, 2.05) is 18.2 Å². The molecule has 0 bridgehead atoms. The monoisotopic (exact) mass is 209 g/mol. The van der Waals surface area contributed by atoms with Crippen molar-refractivity contribution < 1.29 is 0 Å². The summed E-state index contributed by atoms with van der Waals surface area (Å²) >= 11 is 0. The summed E-state index contributed by atoms with van der Waals surface area (Å²) in [5, 5.41) is 0. The van der Waals surface area contributed by atoms with Gasteiger partial charge >= 0.3 is 0 Å². The number of benzene rings is 1. The lowest BCUT2D eigenvalue weighted by molar-refractivity contribution is 1.26. The first-order valence-corrected chi connectivity index (χ1v) is 5.20. The highest BCUT2D eigenvalue weighted by atomic mass is 14.9. The Bertz CT molecular complexity index is 607. The van der Waals surface area contributed by atoms with E-state index in [0.717, 1.165) is 16.9 Å². The number of nitrogens with zero attached hydrogens (tertiary/aromatic N) is 2. The molecule has 16 heavy (non-hydrogen) atoms. The molecule has 0 aliphatic rings. The highest BCUT2D eigenvalue weighted by Gasteiger charge is 2.05. The van der Waals surface area contributed by atoms with Crippen molar-refractivity contribution in [3.63, 3.8) is 0 Å². The molecule has 3 aromatic rings. The minimum Gasteiger partial charge on any atom is -0.338 e. The van der Waals surface area contributed by atoms with Crippen molar-refractivity contribution in [3.05, 3.63) is 48.3 Å². The van der Waals surface area contributed by atoms with Gasteiger partial charge in [-0.25, -0.2) is 4.98 Å². The van der Waals surface area contributed by atoms with Crippen LogP contribution in [-0.4, -0.2) is 15.0 Å². The lowest BCUT2D eigenvalue weighted by Gasteiger charge is -2.01. The van der Waals surface area contributed by atoms with E-state index in [4.69, 9.17) is 0 Å². The quantitative estimate of drug-likeness (QED) is 0.669. The molecule has 3 nitrogen and oxygen atoms in total. The predicted octanol–water partition coefficient (Wildman–Crippen LogP) is 2.93. The molecule has 1 aromatic carbocycles. The van der Waals surface area contributed by atoms with Gasteiger partial charge in [0.05, 0.1) is 0 Å². The number of H-pyrrole nitrogens is 1. The fourth-order valence-corrected chi connectivity index (χ4v) is 1.87. The minimum atomic E-state index is 0.834. The van der Waals surface area contributed by atoms with Crippen LogP contribution in [0, 0.1) is 6.92 Å². The van der Waals surface area contributed by atoms with Crippen LogP contribution >= 0.6 is 0 Å². The number of hydrogen-bond acceptors (Lipinski definition) is 2. The first-order chi connectivity index (χ1) is 7.84. The van der Waals surface area contributed by atoms with Crippen LogP contribution in [0.4, 0.5) is 0 Å². The molecule has 2 heterocycles. The molecule has 0 spiro atoms. The van der Waals surface area contributed by atoms with Crippen LogP contribution in [0.15, 0.2) is 42.7 Å². The second-order valence-corrected chi connectivity index (χ2v) is 3.79. The highest BCUT2D eigenvalue weighted by Crippen LogP contribution is 2.24. The molecule has 3 heteroatoms. The third kappa shape index (κ3) is 1.37. The fraction of sp³-hybridized carbons (Fsp3) is 0.0769. The van der Waals surface area contributed by atoms with Gasteiger partial charge < -0.3 is 4.98 Å². The maximum Gasteiger partial charge on any atom is 0.156 e. The van der Waals surface area contributed by atoms with Crippen LogP contribution < -0.4 is 0 Å². The van der Waals surface area contributed by atoms with Crippen molar-refractivity contribution in [2.75, 3.05) is 0 Å². The van der Waals surface area contributed by atoms with Gasteiger partial charge in [0, 0.05) is 23.7 Å². The maximum atomic E-state index is 4.26. The molecule has 1 N–H and O–H groups in total. The van der Waals surface area contributed by atoms with Crippen molar-refractivity contribution in [1.29, 1.82) is 0 Å². The van der Waals surface area contributed by atoms with Gasteiger partial charge in [-0.3, -0.25) is 4.98 Å². The SMILES string of the molecule is Cc1ccccc1-c1cc2nccnc2[nH]1. The molecule has 0 saturated heterocycles. The maximum absolute atomic E-state index is 4.26. The van der Waals surface area contributed by atoms with Crippen LogP contribution in [0.3, 0.4) is 0 Å². The van der Waals surface area contributed by atoms with Gasteiger partial charge in [0.1, 0.15) is 5.52 Å². The average Bonchev–Trinajstić information content (AvgIpc) is 2.73. The Morgan fingerprint density at radius 1 is 1.06 bits per heavy atom. The van der Waals surface area contributed by atoms with Gasteiger partial charge in [0.15, 0.2) is 5.65 Å². The molecule has 0 atom stereocenters. The average molecular weight is 209 g/mol. The Kier molecular flexibility index (Phi) is 1.96. The highest BCUT2D eigenvalue weighted by molar-refractivity contribution is 5.80. The second kappa shape index (κ2) is 3.45. The van der Waals surface area contributed by atoms with E-state index < -0.39 is 0 Å². The van der Waals surface area contributed by atoms with Crippen molar-refractivity contribution in [3.8, 4) is 11.3 Å². The third-order valence-electron chi connectivity index (χ3n) is 2.70. The Hall–Kier alpha value is -2.16. The summed E-state index contributed by atoms with van der Waals surface area (Å²) in [6, 6.07) is 10.3. The van der Waals surface area contributed by atoms with Crippen molar-refractivity contribution >= 4 is 11.2 Å². The topological polar surface area (TPSA) is 41.6 Å². The van der Waals surface area contributed by atoms with Crippen molar-refractivity contribution in [1.82, 2.24) is 15.0 Å². The zero-order chi connectivity index (χ0) is 11.0. The summed E-state index contributed by atoms with van der Waals surface area (Å²) < 4.78 is 0. The van der Waals surface area contributed by atoms with Crippen LogP contribution in [-0.2, 0) is 0 Å². The number of fused-ring (bicyclic) bond motifs is 1. The molecule has 0 radical (unpaired) electrons. The third-order valence-corrected chi connectivity index (χ3v) is 2.70. The molecule has 3 rings (SSSR count). The van der Waals surface area contributed by atoms with Gasteiger partial charge in [-0.15, -0.1) is 0 Å². The largest absolute Gasteiger partial charge is 0.338 e. The van der Waals surface area contributed by atoms with Crippen molar-refractivity contribution in [2.24, 2.45) is 0 Å². The number of nitrogens with one attached hydrogen (secondary N) is 1. The zero-order valence-electron chi connectivity index (χ0n) is 8.94. The van der Waals surface area contributed by atoms with Crippen LogP contribution in [0.5, 0.6) is 0 Å². The smallest absolute Gasteiger partial charge is 0.156 e. The molecule has 0 fully saturated rings. The summed E-state index contributed by atoms with van der Waals surface area (Å²) in [4.78, 5) is 11.8. The Morgan fingerprint density at radius 2 is 1.88 bits per heavy atom. The lowest BCUT2D eigenvalue weighted by atomic mass is 10.1. The Balaban J connectivity index is 2.23. The molecule has 0 amide bonds. The number of aryl methyl sites for hydroxylation is 1. The fourth-order valence-electron chi connectivity index (χ4n) is 1.87. The first-order valence-electron chi connectivity index (χ1n) is 5.20. The van der Waals surface area contributed by atoms with E-state index in [2.05, 4.69) is 34.0 Å². The molecule has 78 valence electrons. The van der Waals surface area contributed by atoms with Crippen LogP contribution in [0.1, 0.15) is 5.56 Å². The zero-order valence-corrected chi connectivity index (χ0v) is 8.94. The normalized spacial score (nSPS) is 10.8. The summed E-state index contributed by atoms with van der Waals surface area (Å²) in [7, 11) is 0. The van der Waals surface area contributed by atoms with Gasteiger partial charge in [-0.1, -0.05) is 24.3 Å². The lowest BCUT2D eigenvalue weighted by Crippen LogP contribution is -1.81. The summed E-state index contributed by atoms with van der Waals surface area (Å²) in [5.74, 6) is 0. The molecule has 0 aliphatic carbocycles. The van der Waals surface area contributed by atoms with Gasteiger partial charge in [0.2, 0.25) is 0 Å². The molecule has 0 unspecified atom stereocenters. The number of aromatic nitrogens is 3. The van der Waals surface area contributed by atoms with E-state index in [-0.39, 0.29) is 0 Å². The van der Waals surface area contributed by atoms with Crippen LogP contribution in [0.2, 0.25) is 0 Å². The second-order valence-electron chi connectivity index (χ2n) is 3.79. The van der Waals surface area contributed by atoms with E-state index in [1.165, 1.54) is 11.1 Å². The number of hydrogen-bond donors (Lipinski definition) is 1. The summed E-state index contributed by atoms with van der Waals surface area (Å²) in [6.45, 7) is 2.10. The van der Waals surface area contributed by atoms with Gasteiger partial charge in [0.25, 0.3) is 0 Å². The molecule has 2 aromatic heterocycles. The predicted molar refractivity (Wildman–Crippen MR) is 64.1 cm³/mol. The Labute approximate surface area is 93.2 Å². The summed E-state index contributed by atoms with van der Waals surface area (Å²) in [5.41, 5.74) is 5.25. The van der Waals surface area contributed by atoms with E-state index in [0.29, 0.717) is 0 Å².